The first-order valence-corrected chi connectivity index (χ1v) is 3.86. The summed E-state index contributed by atoms with van der Waals surface area (Å²) >= 11 is 1.81. The minimum atomic E-state index is 1.02. The van der Waals surface area contributed by atoms with Crippen molar-refractivity contribution in [1.82, 2.24) is 0 Å². The van der Waals surface area contributed by atoms with Crippen LogP contribution < -0.4 is 0 Å². The molecule has 0 aromatic carbocycles. The Balaban J connectivity index is 2.49. The van der Waals surface area contributed by atoms with Crippen molar-refractivity contribution in [2.75, 3.05) is 12.9 Å². The van der Waals surface area contributed by atoms with E-state index in [1.807, 2.05) is 23.2 Å². The van der Waals surface area contributed by atoms with Crippen LogP contribution in [0.2, 0.25) is 0 Å². The molecule has 9 heavy (non-hydrogen) atoms. The van der Waals surface area contributed by atoms with Crippen molar-refractivity contribution in [3.8, 4) is 0 Å². The van der Waals surface area contributed by atoms with E-state index in [0.29, 0.717) is 0 Å². The second kappa shape index (κ2) is 3.56. The van der Waals surface area contributed by atoms with E-state index in [1.165, 1.54) is 0 Å². The maximum atomic E-state index is 4.61. The number of hydrogen-bond donors (Lipinski definition) is 0. The highest BCUT2D eigenvalue weighted by Crippen LogP contribution is 2.11. The fraction of sp³-hybridized carbons (Fsp3) is 0.500. The van der Waals surface area contributed by atoms with Crippen LogP contribution in [-0.2, 0) is 4.84 Å². The van der Waals surface area contributed by atoms with Crippen LogP contribution in [0.25, 0.3) is 0 Å². The third kappa shape index (κ3) is 2.10. The zero-order valence-corrected chi connectivity index (χ0v) is 6.15. The standard InChI is InChI=1S/C6H9NOS/c1-8-7-6-2-4-9-5-3-6/h2,4H,3,5H2,1H3. The Hall–Kier alpha value is -0.440. The summed E-state index contributed by atoms with van der Waals surface area (Å²) in [5.74, 6) is 1.12. The van der Waals surface area contributed by atoms with Crippen LogP contribution in [0.3, 0.4) is 0 Å². The van der Waals surface area contributed by atoms with Crippen LogP contribution >= 0.6 is 11.8 Å². The van der Waals surface area contributed by atoms with Crippen molar-refractivity contribution < 1.29 is 4.84 Å². The molecule has 1 aliphatic rings. The van der Waals surface area contributed by atoms with E-state index in [4.69, 9.17) is 0 Å². The molecule has 0 fully saturated rings. The number of nitrogens with zero attached hydrogens (tertiary/aromatic N) is 1. The normalized spacial score (nSPS) is 22.6. The van der Waals surface area contributed by atoms with Gasteiger partial charge in [-0.15, -0.1) is 11.8 Å². The van der Waals surface area contributed by atoms with Crippen molar-refractivity contribution in [1.29, 1.82) is 0 Å². The predicted molar refractivity (Wildman–Crippen MR) is 40.7 cm³/mol. The maximum Gasteiger partial charge on any atom is 0.106 e. The minimum absolute atomic E-state index is 1.02. The molecule has 1 aliphatic heterocycles. The second-order valence-corrected chi connectivity index (χ2v) is 2.70. The van der Waals surface area contributed by atoms with Gasteiger partial charge in [-0.05, 0) is 11.5 Å². The summed E-state index contributed by atoms with van der Waals surface area (Å²) in [4.78, 5) is 4.61. The highest BCUT2D eigenvalue weighted by atomic mass is 32.2. The highest BCUT2D eigenvalue weighted by Gasteiger charge is 1.99. The number of rotatable bonds is 1. The monoisotopic (exact) mass is 143 g/mol. The van der Waals surface area contributed by atoms with Gasteiger partial charge in [-0.25, -0.2) is 0 Å². The van der Waals surface area contributed by atoms with Crippen LogP contribution in [-0.4, -0.2) is 18.6 Å². The van der Waals surface area contributed by atoms with E-state index < -0.39 is 0 Å². The van der Waals surface area contributed by atoms with Gasteiger partial charge in [0.05, 0.1) is 5.71 Å². The molecule has 0 aromatic rings. The molecule has 0 saturated carbocycles. The Bertz CT molecular complexity index is 142. The van der Waals surface area contributed by atoms with Crippen molar-refractivity contribution in [3.63, 3.8) is 0 Å². The van der Waals surface area contributed by atoms with Crippen molar-refractivity contribution in [2.24, 2.45) is 5.16 Å². The lowest BCUT2D eigenvalue weighted by molar-refractivity contribution is 0.213. The molecule has 0 saturated heterocycles. The average molecular weight is 143 g/mol. The molecule has 0 N–H and O–H groups in total. The van der Waals surface area contributed by atoms with Gasteiger partial charge < -0.3 is 4.84 Å². The molecule has 0 atom stereocenters. The van der Waals surface area contributed by atoms with E-state index >= 15 is 0 Å². The summed E-state index contributed by atoms with van der Waals surface area (Å²) in [5.41, 5.74) is 1.04. The summed E-state index contributed by atoms with van der Waals surface area (Å²) in [7, 11) is 1.57. The zero-order chi connectivity index (χ0) is 6.53. The van der Waals surface area contributed by atoms with Crippen molar-refractivity contribution in [3.05, 3.63) is 11.5 Å². The third-order valence-corrected chi connectivity index (χ3v) is 1.81. The van der Waals surface area contributed by atoms with Gasteiger partial charge in [-0.2, -0.15) is 0 Å². The molecule has 0 spiro atoms. The largest absolute Gasteiger partial charge is 0.399 e. The number of hydrogen-bond acceptors (Lipinski definition) is 3. The molecule has 1 rings (SSSR count). The second-order valence-electron chi connectivity index (χ2n) is 1.69. The SMILES string of the molecule is CON=C1C=CSCC1. The van der Waals surface area contributed by atoms with Crippen LogP contribution in [0, 0.1) is 0 Å². The van der Waals surface area contributed by atoms with Gasteiger partial charge in [0, 0.05) is 12.2 Å². The van der Waals surface area contributed by atoms with Gasteiger partial charge in [-0.1, -0.05) is 5.16 Å². The van der Waals surface area contributed by atoms with E-state index in [0.717, 1.165) is 17.9 Å². The third-order valence-electron chi connectivity index (χ3n) is 1.04. The minimum Gasteiger partial charge on any atom is -0.399 e. The summed E-state index contributed by atoms with van der Waals surface area (Å²) in [5, 5.41) is 5.84. The Kier molecular flexibility index (Phi) is 2.64. The molecule has 0 amide bonds. The molecule has 0 bridgehead atoms. The zero-order valence-electron chi connectivity index (χ0n) is 5.33. The average Bonchev–Trinajstić information content (AvgIpc) is 1.91. The Morgan fingerprint density at radius 3 is 3.22 bits per heavy atom. The first kappa shape index (κ1) is 6.68. The maximum absolute atomic E-state index is 4.61. The topological polar surface area (TPSA) is 21.6 Å². The molecule has 0 radical (unpaired) electrons. The molecule has 2 nitrogen and oxygen atoms in total. The quantitative estimate of drug-likeness (QED) is 0.520. The summed E-state index contributed by atoms with van der Waals surface area (Å²) in [6.07, 6.45) is 3.01. The first-order valence-electron chi connectivity index (χ1n) is 2.81. The lowest BCUT2D eigenvalue weighted by Crippen LogP contribution is -1.99. The number of oxime groups is 1. The molecule has 50 valence electrons. The number of allylic oxidation sites excluding steroid dienone is 1. The summed E-state index contributed by atoms with van der Waals surface area (Å²) < 4.78 is 0. The van der Waals surface area contributed by atoms with E-state index in [-0.39, 0.29) is 0 Å². The fourth-order valence-corrected chi connectivity index (χ4v) is 1.35. The van der Waals surface area contributed by atoms with Crippen LogP contribution in [0.1, 0.15) is 6.42 Å². The van der Waals surface area contributed by atoms with Gasteiger partial charge in [0.25, 0.3) is 0 Å². The van der Waals surface area contributed by atoms with E-state index in [9.17, 15) is 0 Å². The molecule has 1 heterocycles. The van der Waals surface area contributed by atoms with Crippen LogP contribution in [0.4, 0.5) is 0 Å². The van der Waals surface area contributed by atoms with Gasteiger partial charge in [-0.3, -0.25) is 0 Å². The van der Waals surface area contributed by atoms with Gasteiger partial charge in [0.15, 0.2) is 0 Å². The van der Waals surface area contributed by atoms with Gasteiger partial charge >= 0.3 is 0 Å². The fourth-order valence-electron chi connectivity index (χ4n) is 0.635. The van der Waals surface area contributed by atoms with E-state index in [2.05, 4.69) is 9.99 Å². The number of thioether (sulfide) groups is 1. The summed E-state index contributed by atoms with van der Waals surface area (Å²) in [6.45, 7) is 0. The first-order chi connectivity index (χ1) is 4.43. The van der Waals surface area contributed by atoms with E-state index in [1.54, 1.807) is 7.11 Å². The molecular formula is C6H9NOS. The highest BCUT2D eigenvalue weighted by molar-refractivity contribution is 8.02. The van der Waals surface area contributed by atoms with Gasteiger partial charge in [0.2, 0.25) is 0 Å². The van der Waals surface area contributed by atoms with Crippen molar-refractivity contribution in [2.45, 2.75) is 6.42 Å². The van der Waals surface area contributed by atoms with Crippen LogP contribution in [0.15, 0.2) is 16.6 Å². The molecule has 3 heteroatoms. The van der Waals surface area contributed by atoms with Crippen LogP contribution in [0.5, 0.6) is 0 Å². The Morgan fingerprint density at radius 1 is 1.78 bits per heavy atom. The lowest BCUT2D eigenvalue weighted by atomic mass is 10.3. The molecule has 0 unspecified atom stereocenters. The smallest absolute Gasteiger partial charge is 0.106 e. The Labute approximate surface area is 59.0 Å². The Morgan fingerprint density at radius 2 is 2.67 bits per heavy atom. The molecule has 0 aromatic heterocycles. The summed E-state index contributed by atoms with van der Waals surface area (Å²) in [6, 6.07) is 0. The molecule has 0 aliphatic carbocycles. The van der Waals surface area contributed by atoms with Gasteiger partial charge in [0.1, 0.15) is 7.11 Å². The van der Waals surface area contributed by atoms with Crippen molar-refractivity contribution >= 4 is 17.5 Å². The predicted octanol–water partition coefficient (Wildman–Crippen LogP) is 1.64. The lowest BCUT2D eigenvalue weighted by Gasteiger charge is -2.02. The molecular weight excluding hydrogens is 134 g/mol.